The molecule has 138 heavy (non-hydrogen) atoms. The number of thiazole rings is 1. The van der Waals surface area contributed by atoms with E-state index < -0.39 is 0 Å². The molecular weight excluding hydrogens is 1760 g/mol. The van der Waals surface area contributed by atoms with Crippen molar-refractivity contribution in [2.24, 2.45) is 21.1 Å². The van der Waals surface area contributed by atoms with Crippen LogP contribution in [0.5, 0.6) is 0 Å². The van der Waals surface area contributed by atoms with Gasteiger partial charge in [-0.1, -0.05) is 125 Å². The molecule has 0 unspecified atom stereocenters. The molecule has 0 saturated carbocycles. The zero-order valence-electron chi connectivity index (χ0n) is 92.8. The average Bonchev–Trinajstić information content (AvgIpc) is 1.61. The van der Waals surface area contributed by atoms with Crippen molar-refractivity contribution in [3.8, 4) is 0 Å². The topological polar surface area (TPSA) is 209 Å². The predicted octanol–water partition coefficient (Wildman–Crippen LogP) is 33.7. The van der Waals surface area contributed by atoms with Crippen molar-refractivity contribution >= 4 is 131 Å². The van der Waals surface area contributed by atoms with Crippen LogP contribution < -0.4 is 0 Å². The highest BCUT2D eigenvalue weighted by Crippen LogP contribution is 2.40. The van der Waals surface area contributed by atoms with Gasteiger partial charge in [-0.15, -0.1) is 34.0 Å². The maximum Gasteiger partial charge on any atom is 0.198 e. The zero-order chi connectivity index (χ0) is 103. The summed E-state index contributed by atoms with van der Waals surface area (Å²) >= 11 is 5.62. The van der Waals surface area contributed by atoms with Gasteiger partial charge in [-0.2, -0.15) is 0 Å². The second-order valence-electron chi connectivity index (χ2n) is 41.1. The molecule has 18 aromatic rings. The monoisotopic (exact) mass is 1920 g/mol. The molecule has 0 atom stereocenters. The van der Waals surface area contributed by atoms with Gasteiger partial charge in [0.05, 0.1) is 59.1 Å². The van der Waals surface area contributed by atoms with Gasteiger partial charge in [-0.3, -0.25) is 39.9 Å². The van der Waals surface area contributed by atoms with Crippen LogP contribution in [0.2, 0.25) is 0 Å². The standard InChI is InChI=1S/2C14H20N2.C13H19N3.2C13H17NO.2C13H17NS.C12H16N2O.C12H16N2S/c1-8(2)13-7-12-11(5)15-10(4)9(3)14(12)16(13)6;1-8(2)13-7-12-14(16(13)6)10(4)9(3)11(5)15-12;1-7(2)13-15-11-10(5)14-9(4)8(3)12(11)16(13)6;1-7(2)12-6-11-10(5)14-9(4)8(3)13(11)15-12;1-7(2)12-6-11-13(15-12)9(4)8(3)10(5)14-11;1-7(2)12-6-11-10(5)14-9(4)8(3)13(11)15-12;1-7(2)12-6-11-13(15-12)9(4)8(3)10(5)14-11;2*1-6(2)12-14-10-9(5)13-8(4)7(3)11(10)15-12/h2*7-8H,1-6H3;7H,1-6H3;4*6-7H,1-5H3;2*6H,1-5H3. The predicted molar refractivity (Wildman–Crippen MR) is 591 cm³/mol. The van der Waals surface area contributed by atoms with Crippen molar-refractivity contribution in [2.75, 3.05) is 0 Å². The summed E-state index contributed by atoms with van der Waals surface area (Å²) in [4.78, 5) is 57.8. The number of furan rings is 2. The molecule has 0 aliphatic heterocycles. The molecule has 0 fully saturated rings. The van der Waals surface area contributed by atoms with E-state index in [9.17, 15) is 0 Å². The molecule has 0 bridgehead atoms. The summed E-state index contributed by atoms with van der Waals surface area (Å²) in [5, 5.41) is 5.01. The summed E-state index contributed by atoms with van der Waals surface area (Å²) in [7, 11) is 6.39. The molecule has 18 heterocycles. The van der Waals surface area contributed by atoms with Crippen molar-refractivity contribution < 1.29 is 13.3 Å². The van der Waals surface area contributed by atoms with Crippen LogP contribution in [0.3, 0.4) is 0 Å². The smallest absolute Gasteiger partial charge is 0.198 e. The molecule has 0 radical (unpaired) electrons. The van der Waals surface area contributed by atoms with Crippen molar-refractivity contribution in [3.05, 3.63) is 238 Å². The van der Waals surface area contributed by atoms with Crippen LogP contribution in [0.1, 0.15) is 379 Å². The molecule has 0 spiro atoms. The van der Waals surface area contributed by atoms with Gasteiger partial charge >= 0.3 is 0 Å². The molecule has 18 nitrogen and oxygen atoms in total. The third-order valence-corrected chi connectivity index (χ3v) is 32.2. The zero-order valence-corrected chi connectivity index (χ0v) is 95.3. The quantitative estimate of drug-likeness (QED) is 0.132. The SMILES string of the molecule is Cc1nc(C)c2cc(C(C)C)n(C)c2c1C.Cc1nc(C)c2cc(C(C)C)oc2c1C.Cc1nc(C)c2cc(C(C)C)sc2c1C.Cc1nc(C)c2nc(C(C)C)n(C)c2c1C.Cc1nc(C)c2nc(C(C)C)oc2c1C.Cc1nc(C)c2nc(C(C)C)sc2c1C.Cc1nc2cc(C(C)C)n(C)c2c(C)c1C.Cc1nc2cc(C(C)C)oc2c(C)c1C.Cc1nc2cc(C(C)C)sc2c(C)c1C. The molecule has 0 aromatic carbocycles. The summed E-state index contributed by atoms with van der Waals surface area (Å²) in [5.74, 6) is 8.40. The number of nitrogens with zero attached hydrogens (tertiary/aromatic N) is 15. The van der Waals surface area contributed by atoms with E-state index in [4.69, 9.17) is 18.2 Å². The van der Waals surface area contributed by atoms with Crippen LogP contribution in [0.4, 0.5) is 0 Å². The average molecular weight is 1920 g/mol. The Morgan fingerprint density at radius 1 is 0.225 bits per heavy atom. The van der Waals surface area contributed by atoms with Gasteiger partial charge in [0.25, 0.3) is 0 Å². The number of hydrogen-bond donors (Lipinski definition) is 0. The number of thiophene rings is 2. The van der Waals surface area contributed by atoms with Crippen molar-refractivity contribution in [3.63, 3.8) is 0 Å². The fraction of sp³-hybridized carbons (Fsp3) is 0.487. The Morgan fingerprint density at radius 2 is 0.638 bits per heavy atom. The molecule has 738 valence electrons. The molecule has 0 aliphatic carbocycles. The normalized spacial score (nSPS) is 11.6. The fourth-order valence-corrected chi connectivity index (χ4v) is 21.1. The number of imidazole rings is 1. The van der Waals surface area contributed by atoms with Crippen LogP contribution in [-0.4, -0.2) is 73.5 Å². The first-order valence-corrected chi connectivity index (χ1v) is 51.9. The minimum absolute atomic E-state index is 0.316. The third kappa shape index (κ3) is 23.1. The highest BCUT2D eigenvalue weighted by Gasteiger charge is 2.24. The van der Waals surface area contributed by atoms with Gasteiger partial charge < -0.3 is 27.0 Å². The Morgan fingerprint density at radius 3 is 1.16 bits per heavy atom. The van der Waals surface area contributed by atoms with Crippen LogP contribution in [0.15, 0.2) is 49.6 Å². The molecule has 18 rings (SSSR count). The minimum atomic E-state index is 0.316. The van der Waals surface area contributed by atoms with Gasteiger partial charge in [0.1, 0.15) is 45.0 Å². The first kappa shape index (κ1) is 109. The number of hydrogen-bond acceptors (Lipinski definition) is 18. The van der Waals surface area contributed by atoms with Gasteiger partial charge in [0.15, 0.2) is 17.1 Å². The second-order valence-corrected chi connectivity index (χ2v) is 44.3. The van der Waals surface area contributed by atoms with Crippen LogP contribution in [-0.2, 0) is 21.1 Å². The molecule has 18 aromatic heterocycles. The van der Waals surface area contributed by atoms with E-state index in [2.05, 4.69) is 382 Å². The van der Waals surface area contributed by atoms with Gasteiger partial charge in [-0.25, -0.2) is 19.9 Å². The summed E-state index contributed by atoms with van der Waals surface area (Å²) in [6.07, 6.45) is 0. The van der Waals surface area contributed by atoms with E-state index in [1.165, 1.54) is 129 Å². The lowest BCUT2D eigenvalue weighted by molar-refractivity contribution is 0.500. The van der Waals surface area contributed by atoms with Crippen LogP contribution >= 0.6 is 34.0 Å². The minimum Gasteiger partial charge on any atom is -0.460 e. The first-order valence-electron chi connectivity index (χ1n) is 49.5. The van der Waals surface area contributed by atoms with Gasteiger partial charge in [0, 0.05) is 178 Å². The van der Waals surface area contributed by atoms with Gasteiger partial charge in [0.2, 0.25) is 0 Å². The Kier molecular flexibility index (Phi) is 35.1. The number of fused-ring (bicyclic) bond motifs is 9. The maximum absolute atomic E-state index is 5.88. The molecular formula is C117H159N15O3S3. The highest BCUT2D eigenvalue weighted by molar-refractivity contribution is 7.20. The highest BCUT2D eigenvalue weighted by atomic mass is 32.1. The summed E-state index contributed by atoms with van der Waals surface area (Å²) in [5.41, 5.74) is 47.4. The third-order valence-electron chi connectivity index (χ3n) is 27.6. The maximum atomic E-state index is 5.88. The van der Waals surface area contributed by atoms with E-state index in [0.717, 1.165) is 169 Å². The van der Waals surface area contributed by atoms with Gasteiger partial charge in [-0.05, 0) is 297 Å². The number of oxazole rings is 1. The lowest BCUT2D eigenvalue weighted by atomic mass is 10.1. The van der Waals surface area contributed by atoms with E-state index >= 15 is 0 Å². The number of aryl methyl sites for hydroxylation is 27. The van der Waals surface area contributed by atoms with Crippen molar-refractivity contribution in [2.45, 2.75) is 365 Å². The Balaban J connectivity index is 0.000000160. The molecule has 0 amide bonds. The molecule has 0 aliphatic rings. The molecule has 0 saturated heterocycles. The van der Waals surface area contributed by atoms with Crippen LogP contribution in [0, 0.1) is 187 Å². The number of aromatic nitrogens is 15. The van der Waals surface area contributed by atoms with E-state index in [-0.39, 0.29) is 0 Å². The lowest BCUT2D eigenvalue weighted by Gasteiger charge is -2.10. The Hall–Kier alpha value is -10.7. The first-order chi connectivity index (χ1) is 64.3. The van der Waals surface area contributed by atoms with E-state index in [1.807, 2.05) is 89.4 Å². The van der Waals surface area contributed by atoms with Crippen LogP contribution in [0.25, 0.3) is 96.7 Å². The largest absolute Gasteiger partial charge is 0.460 e. The van der Waals surface area contributed by atoms with Crippen molar-refractivity contribution in [1.29, 1.82) is 0 Å². The number of rotatable bonds is 9. The number of pyridine rings is 9. The Labute approximate surface area is 835 Å². The van der Waals surface area contributed by atoms with Crippen molar-refractivity contribution in [1.82, 2.24) is 73.5 Å². The van der Waals surface area contributed by atoms with E-state index in [0.29, 0.717) is 53.3 Å². The lowest BCUT2D eigenvalue weighted by Crippen LogP contribution is -2.01. The summed E-state index contributed by atoms with van der Waals surface area (Å²) in [6, 6.07) is 13.2. The Bertz CT molecular complexity index is 6930. The fourth-order valence-electron chi connectivity index (χ4n) is 17.5. The van der Waals surface area contributed by atoms with E-state index in [1.54, 1.807) is 0 Å². The summed E-state index contributed by atoms with van der Waals surface area (Å²) in [6.45, 7) is 95.7. The molecule has 21 heteroatoms. The summed E-state index contributed by atoms with van der Waals surface area (Å²) < 4.78 is 28.4. The molecule has 0 N–H and O–H groups in total. The second kappa shape index (κ2) is 44.4.